The fourth-order valence-electron chi connectivity index (χ4n) is 3.34. The first-order valence-electron chi connectivity index (χ1n) is 9.54. The second kappa shape index (κ2) is 9.07. The highest BCUT2D eigenvalue weighted by atomic mass is 79.9. The Morgan fingerprint density at radius 2 is 1.79 bits per heavy atom. The predicted octanol–water partition coefficient (Wildman–Crippen LogP) is 4.62. The number of benzene rings is 2. The first-order valence-corrected chi connectivity index (χ1v) is 11.2. The van der Waals surface area contributed by atoms with Crippen molar-refractivity contribution in [2.45, 2.75) is 6.92 Å². The number of rotatable bonds is 4. The van der Waals surface area contributed by atoms with Gasteiger partial charge in [0.2, 0.25) is 4.80 Å². The van der Waals surface area contributed by atoms with Gasteiger partial charge in [-0.1, -0.05) is 46.3 Å². The van der Waals surface area contributed by atoms with E-state index >= 15 is 0 Å². The third-order valence-electron chi connectivity index (χ3n) is 4.94. The normalized spacial score (nSPS) is 15.8. The molecule has 1 fully saturated rings. The molecule has 0 aliphatic carbocycles. The summed E-state index contributed by atoms with van der Waals surface area (Å²) in [5, 5.41) is 7.01. The Labute approximate surface area is 183 Å². The van der Waals surface area contributed by atoms with E-state index in [0.717, 1.165) is 58.1 Å². The molecule has 0 spiro atoms. The maximum absolute atomic E-state index is 5.44. The summed E-state index contributed by atoms with van der Waals surface area (Å²) in [6, 6.07) is 16.8. The van der Waals surface area contributed by atoms with Crippen molar-refractivity contribution < 1.29 is 4.74 Å². The van der Waals surface area contributed by atoms with E-state index in [1.807, 2.05) is 29.8 Å². The Bertz CT molecular complexity index is 1080. The predicted molar refractivity (Wildman–Crippen MR) is 124 cm³/mol. The van der Waals surface area contributed by atoms with Crippen molar-refractivity contribution in [2.24, 2.45) is 10.1 Å². The number of halogens is 1. The summed E-state index contributed by atoms with van der Waals surface area (Å²) >= 11 is 5.24. The number of thiazole rings is 1. The van der Waals surface area contributed by atoms with Gasteiger partial charge in [-0.15, -0.1) is 11.3 Å². The summed E-state index contributed by atoms with van der Waals surface area (Å²) in [6.45, 7) is 5.50. The van der Waals surface area contributed by atoms with Crippen LogP contribution in [-0.4, -0.2) is 43.7 Å². The molecule has 29 heavy (non-hydrogen) atoms. The molecule has 0 saturated carbocycles. The lowest BCUT2D eigenvalue weighted by Crippen LogP contribution is -2.36. The SMILES string of the molecule is CN=c1scc(-c2ccccc2Br)n1N=C(C)c1ccc(N2CCOCC2)cc1. The molecule has 0 unspecified atom stereocenters. The highest BCUT2D eigenvalue weighted by Gasteiger charge is 2.13. The Hall–Kier alpha value is -2.22. The van der Waals surface area contributed by atoms with Crippen LogP contribution in [0.2, 0.25) is 0 Å². The summed E-state index contributed by atoms with van der Waals surface area (Å²) in [7, 11) is 1.80. The molecule has 7 heteroatoms. The van der Waals surface area contributed by atoms with Gasteiger partial charge in [0.25, 0.3) is 0 Å². The van der Waals surface area contributed by atoms with Crippen LogP contribution in [0, 0.1) is 0 Å². The van der Waals surface area contributed by atoms with Crippen molar-refractivity contribution in [1.82, 2.24) is 4.68 Å². The van der Waals surface area contributed by atoms with Gasteiger partial charge < -0.3 is 9.64 Å². The van der Waals surface area contributed by atoms with Crippen molar-refractivity contribution >= 4 is 38.7 Å². The van der Waals surface area contributed by atoms with Gasteiger partial charge in [0.15, 0.2) is 0 Å². The van der Waals surface area contributed by atoms with E-state index in [9.17, 15) is 0 Å². The molecule has 0 radical (unpaired) electrons. The zero-order chi connectivity index (χ0) is 20.2. The number of aromatic nitrogens is 1. The molecular formula is C22H23BrN4OS. The Morgan fingerprint density at radius 3 is 2.48 bits per heavy atom. The number of nitrogens with zero attached hydrogens (tertiary/aromatic N) is 4. The number of morpholine rings is 1. The maximum Gasteiger partial charge on any atom is 0.205 e. The third kappa shape index (κ3) is 4.37. The van der Waals surface area contributed by atoms with Crippen LogP contribution in [0.25, 0.3) is 11.3 Å². The summed E-state index contributed by atoms with van der Waals surface area (Å²) in [6.07, 6.45) is 0. The number of ether oxygens (including phenoxy) is 1. The topological polar surface area (TPSA) is 42.1 Å². The van der Waals surface area contributed by atoms with Crippen LogP contribution in [0.4, 0.5) is 5.69 Å². The van der Waals surface area contributed by atoms with Crippen molar-refractivity contribution in [3.05, 3.63) is 68.7 Å². The Morgan fingerprint density at radius 1 is 1.07 bits per heavy atom. The Balaban J connectivity index is 1.67. The lowest BCUT2D eigenvalue weighted by molar-refractivity contribution is 0.122. The molecule has 0 amide bonds. The largest absolute Gasteiger partial charge is 0.378 e. The van der Waals surface area contributed by atoms with Crippen LogP contribution in [0.1, 0.15) is 12.5 Å². The molecule has 150 valence electrons. The van der Waals surface area contributed by atoms with Crippen molar-refractivity contribution in [3.8, 4) is 11.3 Å². The number of anilines is 1. The minimum atomic E-state index is 0.790. The highest BCUT2D eigenvalue weighted by molar-refractivity contribution is 9.10. The highest BCUT2D eigenvalue weighted by Crippen LogP contribution is 2.28. The van der Waals surface area contributed by atoms with Gasteiger partial charge in [-0.2, -0.15) is 5.10 Å². The molecule has 0 N–H and O–H groups in total. The zero-order valence-electron chi connectivity index (χ0n) is 16.5. The van der Waals surface area contributed by atoms with E-state index in [4.69, 9.17) is 9.84 Å². The van der Waals surface area contributed by atoms with Crippen molar-refractivity contribution in [3.63, 3.8) is 0 Å². The van der Waals surface area contributed by atoms with Gasteiger partial charge >= 0.3 is 0 Å². The van der Waals surface area contributed by atoms with Crippen molar-refractivity contribution in [2.75, 3.05) is 38.3 Å². The lowest BCUT2D eigenvalue weighted by Gasteiger charge is -2.28. The van der Waals surface area contributed by atoms with Gasteiger partial charge in [0, 0.05) is 41.2 Å². The third-order valence-corrected chi connectivity index (χ3v) is 6.54. The van der Waals surface area contributed by atoms with Gasteiger partial charge in [0.05, 0.1) is 24.6 Å². The molecule has 1 saturated heterocycles. The zero-order valence-corrected chi connectivity index (χ0v) is 18.9. The quantitative estimate of drug-likeness (QED) is 0.522. The molecule has 1 aliphatic heterocycles. The molecule has 3 aromatic rings. The van der Waals surface area contributed by atoms with Crippen LogP contribution in [-0.2, 0) is 4.74 Å². The molecule has 2 aromatic carbocycles. The van der Waals surface area contributed by atoms with Crippen molar-refractivity contribution in [1.29, 1.82) is 0 Å². The first kappa shape index (κ1) is 20.1. The maximum atomic E-state index is 5.44. The monoisotopic (exact) mass is 470 g/mol. The van der Waals surface area contributed by atoms with E-state index in [1.54, 1.807) is 18.4 Å². The van der Waals surface area contributed by atoms with Crippen LogP contribution < -0.4 is 9.70 Å². The number of hydrogen-bond acceptors (Lipinski definition) is 5. The lowest BCUT2D eigenvalue weighted by atomic mass is 10.1. The van der Waals surface area contributed by atoms with Crippen LogP contribution in [0.5, 0.6) is 0 Å². The molecule has 5 nitrogen and oxygen atoms in total. The van der Waals surface area contributed by atoms with E-state index in [0.29, 0.717) is 0 Å². The minimum Gasteiger partial charge on any atom is -0.378 e. The molecule has 2 heterocycles. The van der Waals surface area contributed by atoms with Crippen LogP contribution >= 0.6 is 27.3 Å². The average molecular weight is 471 g/mol. The van der Waals surface area contributed by atoms with Gasteiger partial charge in [-0.05, 0) is 30.7 Å². The van der Waals surface area contributed by atoms with Crippen LogP contribution in [0.3, 0.4) is 0 Å². The summed E-state index contributed by atoms with van der Waals surface area (Å²) in [5.74, 6) is 0. The van der Waals surface area contributed by atoms with Gasteiger partial charge in [0.1, 0.15) is 0 Å². The summed E-state index contributed by atoms with van der Waals surface area (Å²) < 4.78 is 8.41. The minimum absolute atomic E-state index is 0.790. The van der Waals surface area contributed by atoms with E-state index < -0.39 is 0 Å². The molecule has 1 aliphatic rings. The molecule has 0 bridgehead atoms. The fourth-order valence-corrected chi connectivity index (χ4v) is 4.62. The second-order valence-electron chi connectivity index (χ2n) is 6.75. The molecule has 1 aromatic heterocycles. The van der Waals surface area contributed by atoms with E-state index in [2.05, 4.69) is 61.5 Å². The summed E-state index contributed by atoms with van der Waals surface area (Å²) in [4.78, 5) is 7.62. The molecule has 0 atom stereocenters. The standard InChI is InChI=1S/C22H23BrN4OS/c1-16(17-7-9-18(10-8-17)26-11-13-28-14-12-26)25-27-21(15-29-22(27)24-2)19-5-3-4-6-20(19)23/h3-10,15H,11-14H2,1-2H3. The molecule has 4 rings (SSSR count). The van der Waals surface area contributed by atoms with E-state index in [-0.39, 0.29) is 0 Å². The van der Waals surface area contributed by atoms with Crippen LogP contribution in [0.15, 0.2) is 68.5 Å². The average Bonchev–Trinajstić information content (AvgIpc) is 3.17. The van der Waals surface area contributed by atoms with Gasteiger partial charge in [-0.25, -0.2) is 4.68 Å². The second-order valence-corrected chi connectivity index (χ2v) is 8.44. The number of hydrogen-bond donors (Lipinski definition) is 0. The molecular weight excluding hydrogens is 448 g/mol. The van der Waals surface area contributed by atoms with Gasteiger partial charge in [-0.3, -0.25) is 4.99 Å². The fraction of sp³-hybridized carbons (Fsp3) is 0.273. The first-order chi connectivity index (χ1) is 14.2. The smallest absolute Gasteiger partial charge is 0.205 e. The summed E-state index contributed by atoms with van der Waals surface area (Å²) in [5.41, 5.74) is 5.39. The van der Waals surface area contributed by atoms with E-state index in [1.165, 1.54) is 5.69 Å². The Kier molecular flexibility index (Phi) is 6.28.